The molecule has 1 heterocycles. The maximum Gasteiger partial charge on any atom is 0.257 e. The van der Waals surface area contributed by atoms with Gasteiger partial charge < -0.3 is 20.6 Å². The van der Waals surface area contributed by atoms with Gasteiger partial charge in [0.1, 0.15) is 0 Å². The minimum Gasteiger partial charge on any atom is -0.505 e. The molecule has 0 bridgehead atoms. The lowest BCUT2D eigenvalue weighted by molar-refractivity contribution is 0.0789. The van der Waals surface area contributed by atoms with Crippen molar-refractivity contribution in [2.75, 3.05) is 23.7 Å². The Bertz CT molecular complexity index is 1260. The van der Waals surface area contributed by atoms with Crippen molar-refractivity contribution in [2.45, 2.75) is 12.8 Å². The summed E-state index contributed by atoms with van der Waals surface area (Å²) in [4.78, 5) is 40.2. The molecule has 34 heavy (non-hydrogen) atoms. The van der Waals surface area contributed by atoms with Crippen molar-refractivity contribution in [1.82, 2.24) is 4.90 Å². The largest absolute Gasteiger partial charge is 0.505 e. The minimum atomic E-state index is -0.608. The van der Waals surface area contributed by atoms with E-state index in [2.05, 4.69) is 10.6 Å². The second-order valence-electron chi connectivity index (χ2n) is 7.82. The number of halogens is 2. The van der Waals surface area contributed by atoms with E-state index in [0.717, 1.165) is 12.8 Å². The highest BCUT2D eigenvalue weighted by atomic mass is 35.5. The Balaban J connectivity index is 1.69. The highest BCUT2D eigenvalue weighted by molar-refractivity contribution is 6.37. The Morgan fingerprint density at radius 3 is 2.21 bits per heavy atom. The summed E-state index contributed by atoms with van der Waals surface area (Å²) in [5, 5.41) is 16.7. The van der Waals surface area contributed by atoms with E-state index in [1.165, 1.54) is 30.3 Å². The molecule has 4 rings (SSSR count). The van der Waals surface area contributed by atoms with Crippen LogP contribution in [0, 0.1) is 0 Å². The van der Waals surface area contributed by atoms with E-state index >= 15 is 0 Å². The zero-order valence-electron chi connectivity index (χ0n) is 18.0. The minimum absolute atomic E-state index is 0.0229. The quantitative estimate of drug-likeness (QED) is 0.322. The fourth-order valence-corrected chi connectivity index (χ4v) is 4.21. The van der Waals surface area contributed by atoms with Gasteiger partial charge in [-0.15, -0.1) is 0 Å². The van der Waals surface area contributed by atoms with Gasteiger partial charge in [0.05, 0.1) is 21.8 Å². The van der Waals surface area contributed by atoms with Crippen molar-refractivity contribution >= 4 is 52.3 Å². The van der Waals surface area contributed by atoms with E-state index in [4.69, 9.17) is 23.2 Å². The molecule has 1 aliphatic rings. The summed E-state index contributed by atoms with van der Waals surface area (Å²) in [5.41, 5.74) is 0.736. The molecule has 7 nitrogen and oxygen atoms in total. The van der Waals surface area contributed by atoms with E-state index < -0.39 is 17.6 Å². The molecule has 3 aromatic carbocycles. The number of amides is 3. The van der Waals surface area contributed by atoms with E-state index in [9.17, 15) is 19.5 Å². The Kier molecular flexibility index (Phi) is 7.05. The standard InChI is InChI=1S/C25H21Cl2N3O4/c26-16-8-9-18(20(27)12-16)24(33)29-21-14-17(28-23(32)15-6-2-1-3-7-15)13-19(22(21)31)25(34)30-10-4-5-11-30/h1-3,6-9,12-14,31H,4-5,10-11H2,(H,28,32)(H,29,33). The van der Waals surface area contributed by atoms with Gasteiger partial charge in [-0.05, 0) is 55.3 Å². The first kappa shape index (κ1) is 23.6. The Morgan fingerprint density at radius 1 is 0.824 bits per heavy atom. The molecule has 0 atom stereocenters. The van der Waals surface area contributed by atoms with Gasteiger partial charge in [0, 0.05) is 29.4 Å². The second kappa shape index (κ2) is 10.2. The third kappa shape index (κ3) is 5.16. The molecule has 0 spiro atoms. The first-order valence-electron chi connectivity index (χ1n) is 10.6. The van der Waals surface area contributed by atoms with Crippen molar-refractivity contribution in [3.05, 3.63) is 87.4 Å². The van der Waals surface area contributed by atoms with Crippen molar-refractivity contribution < 1.29 is 19.5 Å². The molecule has 1 saturated heterocycles. The third-order valence-electron chi connectivity index (χ3n) is 5.45. The van der Waals surface area contributed by atoms with Gasteiger partial charge in [-0.3, -0.25) is 14.4 Å². The van der Waals surface area contributed by atoms with Gasteiger partial charge in [-0.1, -0.05) is 41.4 Å². The number of nitrogens with one attached hydrogen (secondary N) is 2. The molecule has 174 valence electrons. The molecule has 9 heteroatoms. The number of carbonyl (C=O) groups excluding carboxylic acids is 3. The summed E-state index contributed by atoms with van der Waals surface area (Å²) >= 11 is 12.0. The van der Waals surface area contributed by atoms with Crippen molar-refractivity contribution in [3.8, 4) is 5.75 Å². The van der Waals surface area contributed by atoms with Gasteiger partial charge in [0.2, 0.25) is 0 Å². The second-order valence-corrected chi connectivity index (χ2v) is 8.66. The number of phenolic OH excluding ortho intramolecular Hbond substituents is 1. The number of nitrogens with zero attached hydrogens (tertiary/aromatic N) is 1. The highest BCUT2D eigenvalue weighted by Crippen LogP contribution is 2.34. The summed E-state index contributed by atoms with van der Waals surface area (Å²) < 4.78 is 0. The normalized spacial score (nSPS) is 12.9. The summed E-state index contributed by atoms with van der Waals surface area (Å²) in [6.45, 7) is 1.14. The highest BCUT2D eigenvalue weighted by Gasteiger charge is 2.25. The molecule has 0 saturated carbocycles. The van der Waals surface area contributed by atoms with Crippen LogP contribution in [-0.4, -0.2) is 40.8 Å². The number of benzene rings is 3. The van der Waals surface area contributed by atoms with Gasteiger partial charge in [-0.25, -0.2) is 0 Å². The predicted molar refractivity (Wildman–Crippen MR) is 132 cm³/mol. The van der Waals surface area contributed by atoms with Crippen LogP contribution in [0.2, 0.25) is 10.0 Å². The molecule has 3 amide bonds. The van der Waals surface area contributed by atoms with Crippen LogP contribution in [0.1, 0.15) is 43.9 Å². The molecular weight excluding hydrogens is 477 g/mol. The average Bonchev–Trinajstić information content (AvgIpc) is 3.36. The third-order valence-corrected chi connectivity index (χ3v) is 6.00. The fraction of sp³-hybridized carbons (Fsp3) is 0.160. The number of hydrogen-bond donors (Lipinski definition) is 3. The Hall–Kier alpha value is -3.55. The van der Waals surface area contributed by atoms with Crippen LogP contribution in [0.3, 0.4) is 0 Å². The van der Waals surface area contributed by atoms with E-state index in [-0.39, 0.29) is 33.4 Å². The number of hydrogen-bond acceptors (Lipinski definition) is 4. The number of anilines is 2. The molecule has 0 unspecified atom stereocenters. The van der Waals surface area contributed by atoms with Crippen molar-refractivity contribution in [2.24, 2.45) is 0 Å². The SMILES string of the molecule is O=C(Nc1cc(NC(=O)c2ccc(Cl)cc2Cl)c(O)c(C(=O)N2CCCC2)c1)c1ccccc1. The summed E-state index contributed by atoms with van der Waals surface area (Å²) in [6.07, 6.45) is 1.74. The van der Waals surface area contributed by atoms with Crippen LogP contribution >= 0.6 is 23.2 Å². The first-order valence-corrected chi connectivity index (χ1v) is 11.4. The van der Waals surface area contributed by atoms with Gasteiger partial charge >= 0.3 is 0 Å². The Morgan fingerprint density at radius 2 is 1.53 bits per heavy atom. The van der Waals surface area contributed by atoms with Crippen LogP contribution in [0.15, 0.2) is 60.7 Å². The van der Waals surface area contributed by atoms with Crippen molar-refractivity contribution in [1.29, 1.82) is 0 Å². The molecule has 1 aliphatic heterocycles. The van der Waals surface area contributed by atoms with Crippen LogP contribution in [0.25, 0.3) is 0 Å². The number of rotatable bonds is 5. The maximum atomic E-state index is 13.1. The zero-order valence-corrected chi connectivity index (χ0v) is 19.5. The van der Waals surface area contributed by atoms with Gasteiger partial charge in [0.25, 0.3) is 17.7 Å². The van der Waals surface area contributed by atoms with Crippen LogP contribution in [0.4, 0.5) is 11.4 Å². The molecule has 0 aromatic heterocycles. The maximum absolute atomic E-state index is 13.1. The monoisotopic (exact) mass is 497 g/mol. The summed E-state index contributed by atoms with van der Waals surface area (Å²) in [5.74, 6) is -1.79. The van der Waals surface area contributed by atoms with Crippen LogP contribution < -0.4 is 10.6 Å². The molecule has 0 radical (unpaired) electrons. The lowest BCUT2D eigenvalue weighted by Crippen LogP contribution is -2.28. The molecule has 3 N–H and O–H groups in total. The van der Waals surface area contributed by atoms with Gasteiger partial charge in [-0.2, -0.15) is 0 Å². The van der Waals surface area contributed by atoms with Gasteiger partial charge in [0.15, 0.2) is 5.75 Å². The Labute approximate surface area is 206 Å². The summed E-state index contributed by atoms with van der Waals surface area (Å²) in [7, 11) is 0. The average molecular weight is 498 g/mol. The van der Waals surface area contributed by atoms with Crippen molar-refractivity contribution in [3.63, 3.8) is 0 Å². The molecule has 3 aromatic rings. The smallest absolute Gasteiger partial charge is 0.257 e. The van der Waals surface area contributed by atoms with E-state index in [1.807, 2.05) is 0 Å². The topological polar surface area (TPSA) is 98.7 Å². The van der Waals surface area contributed by atoms with E-state index in [1.54, 1.807) is 35.2 Å². The predicted octanol–water partition coefficient (Wildman–Crippen LogP) is 5.44. The lowest BCUT2D eigenvalue weighted by Gasteiger charge is -2.19. The zero-order chi connectivity index (χ0) is 24.2. The molecule has 0 aliphatic carbocycles. The molecule has 1 fully saturated rings. The van der Waals surface area contributed by atoms with Crippen LogP contribution in [0.5, 0.6) is 5.75 Å². The van der Waals surface area contributed by atoms with Crippen LogP contribution in [-0.2, 0) is 0 Å². The lowest BCUT2D eigenvalue weighted by atomic mass is 10.1. The van der Waals surface area contributed by atoms with E-state index in [0.29, 0.717) is 23.7 Å². The number of likely N-dealkylation sites (tertiary alicyclic amines) is 1. The fourth-order valence-electron chi connectivity index (χ4n) is 3.71. The number of carbonyl (C=O) groups is 3. The number of phenols is 1. The summed E-state index contributed by atoms with van der Waals surface area (Å²) in [6, 6.07) is 15.7. The number of aromatic hydroxyl groups is 1. The molecular formula is C25H21Cl2N3O4. The first-order chi connectivity index (χ1) is 16.3.